The van der Waals surface area contributed by atoms with Crippen LogP contribution < -0.4 is 10.6 Å². The van der Waals surface area contributed by atoms with Gasteiger partial charge in [0.25, 0.3) is 0 Å². The average Bonchev–Trinajstić information content (AvgIpc) is 2.38. The number of amides is 2. The molecule has 0 saturated carbocycles. The summed E-state index contributed by atoms with van der Waals surface area (Å²) in [7, 11) is 0. The van der Waals surface area contributed by atoms with Crippen molar-refractivity contribution in [3.05, 3.63) is 29.3 Å². The first-order chi connectivity index (χ1) is 9.40. The first kappa shape index (κ1) is 15.7. The molecule has 3 N–H and O–H groups in total. The van der Waals surface area contributed by atoms with Gasteiger partial charge in [-0.05, 0) is 25.0 Å². The molecule has 0 fully saturated rings. The molecule has 0 saturated heterocycles. The van der Waals surface area contributed by atoms with Crippen LogP contribution in [0, 0.1) is 13.8 Å². The largest absolute Gasteiger partial charge is 0.480 e. The maximum absolute atomic E-state index is 11.8. The van der Waals surface area contributed by atoms with Crippen molar-refractivity contribution in [2.45, 2.75) is 26.7 Å². The minimum atomic E-state index is -1.11. The molecule has 0 unspecified atom stereocenters. The van der Waals surface area contributed by atoms with Crippen LogP contribution in [0.3, 0.4) is 0 Å². The van der Waals surface area contributed by atoms with Crippen LogP contribution >= 0.6 is 0 Å². The first-order valence-corrected chi connectivity index (χ1v) is 6.24. The summed E-state index contributed by atoms with van der Waals surface area (Å²) in [6.07, 6.45) is -0.0245. The number of hydrogen-bond donors (Lipinski definition) is 3. The Morgan fingerprint density at radius 3 is 2.15 bits per heavy atom. The number of nitrogens with one attached hydrogen (secondary N) is 2. The van der Waals surface area contributed by atoms with E-state index < -0.39 is 18.4 Å². The minimum absolute atomic E-state index is 0.0131. The summed E-state index contributed by atoms with van der Waals surface area (Å²) in [6, 6.07) is 5.68. The summed E-state index contributed by atoms with van der Waals surface area (Å²) in [5.74, 6) is -1.84. The van der Waals surface area contributed by atoms with Gasteiger partial charge in [0, 0.05) is 18.5 Å². The molecule has 0 radical (unpaired) electrons. The second-order valence-corrected chi connectivity index (χ2v) is 4.49. The molecule has 0 aliphatic heterocycles. The van der Waals surface area contributed by atoms with Gasteiger partial charge >= 0.3 is 5.97 Å². The lowest BCUT2D eigenvalue weighted by Gasteiger charge is -2.11. The Balaban J connectivity index is 2.44. The summed E-state index contributed by atoms with van der Waals surface area (Å²) in [5.41, 5.74) is 2.66. The van der Waals surface area contributed by atoms with E-state index in [0.717, 1.165) is 16.8 Å². The zero-order valence-electron chi connectivity index (χ0n) is 11.5. The molecule has 6 heteroatoms. The number of para-hydroxylation sites is 1. The third kappa shape index (κ3) is 5.09. The number of hydrogen-bond acceptors (Lipinski definition) is 3. The van der Waals surface area contributed by atoms with Gasteiger partial charge in [0.05, 0.1) is 0 Å². The molecule has 0 heterocycles. The van der Waals surface area contributed by atoms with Crippen LogP contribution in [0.2, 0.25) is 0 Å². The van der Waals surface area contributed by atoms with Crippen LogP contribution in [0.25, 0.3) is 0 Å². The molecule has 6 nitrogen and oxygen atoms in total. The highest BCUT2D eigenvalue weighted by Crippen LogP contribution is 2.19. The predicted molar refractivity (Wildman–Crippen MR) is 74.4 cm³/mol. The summed E-state index contributed by atoms with van der Waals surface area (Å²) in [6.45, 7) is 3.35. The van der Waals surface area contributed by atoms with E-state index in [4.69, 9.17) is 5.11 Å². The molecule has 108 valence electrons. The Labute approximate surface area is 117 Å². The number of rotatable bonds is 6. The molecule has 1 rings (SSSR count). The number of anilines is 1. The SMILES string of the molecule is Cc1cccc(C)c1NC(=O)CCC(=O)NCC(=O)O. The molecule has 0 spiro atoms. The topological polar surface area (TPSA) is 95.5 Å². The van der Waals surface area contributed by atoms with Gasteiger partial charge in [0.15, 0.2) is 0 Å². The lowest BCUT2D eigenvalue weighted by atomic mass is 10.1. The summed E-state index contributed by atoms with van der Waals surface area (Å²) in [5, 5.41) is 13.4. The van der Waals surface area contributed by atoms with Crippen LogP contribution in [0.4, 0.5) is 5.69 Å². The van der Waals surface area contributed by atoms with Gasteiger partial charge in [-0.3, -0.25) is 14.4 Å². The van der Waals surface area contributed by atoms with E-state index in [9.17, 15) is 14.4 Å². The van der Waals surface area contributed by atoms with Crippen molar-refractivity contribution >= 4 is 23.5 Å². The summed E-state index contributed by atoms with van der Waals surface area (Å²) in [4.78, 5) is 33.3. The number of carbonyl (C=O) groups is 3. The molecular weight excluding hydrogens is 260 g/mol. The third-order valence-corrected chi connectivity index (χ3v) is 2.76. The number of carboxylic acid groups (broad SMARTS) is 1. The Morgan fingerprint density at radius 1 is 1.05 bits per heavy atom. The fraction of sp³-hybridized carbons (Fsp3) is 0.357. The average molecular weight is 278 g/mol. The molecule has 0 aliphatic rings. The zero-order valence-corrected chi connectivity index (χ0v) is 11.5. The van der Waals surface area contributed by atoms with E-state index in [-0.39, 0.29) is 18.7 Å². The Bertz CT molecular complexity index is 506. The zero-order chi connectivity index (χ0) is 15.1. The fourth-order valence-electron chi connectivity index (χ4n) is 1.70. The second kappa shape index (κ2) is 7.28. The molecule has 1 aromatic rings. The van der Waals surface area contributed by atoms with E-state index in [1.807, 2.05) is 32.0 Å². The van der Waals surface area contributed by atoms with Crippen molar-refractivity contribution < 1.29 is 19.5 Å². The van der Waals surface area contributed by atoms with E-state index in [0.29, 0.717) is 0 Å². The van der Waals surface area contributed by atoms with Gasteiger partial charge in [-0.25, -0.2) is 0 Å². The highest BCUT2D eigenvalue weighted by Gasteiger charge is 2.10. The van der Waals surface area contributed by atoms with Crippen molar-refractivity contribution in [1.82, 2.24) is 5.32 Å². The molecular formula is C14H18N2O4. The number of aryl methyl sites for hydroxylation is 2. The third-order valence-electron chi connectivity index (χ3n) is 2.76. The molecule has 0 bridgehead atoms. The molecule has 0 aromatic heterocycles. The van der Waals surface area contributed by atoms with Gasteiger partial charge in [-0.2, -0.15) is 0 Å². The Kier molecular flexibility index (Phi) is 5.71. The smallest absolute Gasteiger partial charge is 0.322 e. The number of carbonyl (C=O) groups excluding carboxylic acids is 2. The van der Waals surface area contributed by atoms with Crippen LogP contribution in [-0.2, 0) is 14.4 Å². The number of carboxylic acids is 1. The maximum Gasteiger partial charge on any atom is 0.322 e. The van der Waals surface area contributed by atoms with E-state index in [2.05, 4.69) is 10.6 Å². The maximum atomic E-state index is 11.8. The second-order valence-electron chi connectivity index (χ2n) is 4.49. The lowest BCUT2D eigenvalue weighted by Crippen LogP contribution is -2.29. The van der Waals surface area contributed by atoms with Gasteiger partial charge in [-0.1, -0.05) is 18.2 Å². The summed E-state index contributed by atoms with van der Waals surface area (Å²) >= 11 is 0. The van der Waals surface area contributed by atoms with Gasteiger partial charge in [0.2, 0.25) is 11.8 Å². The number of benzene rings is 1. The van der Waals surface area contributed by atoms with E-state index in [1.165, 1.54) is 0 Å². The number of aliphatic carboxylic acids is 1. The van der Waals surface area contributed by atoms with Crippen molar-refractivity contribution in [1.29, 1.82) is 0 Å². The summed E-state index contributed by atoms with van der Waals surface area (Å²) < 4.78 is 0. The monoisotopic (exact) mass is 278 g/mol. The van der Waals surface area contributed by atoms with Gasteiger partial charge in [0.1, 0.15) is 6.54 Å². The van der Waals surface area contributed by atoms with Crippen LogP contribution in [0.15, 0.2) is 18.2 Å². The Morgan fingerprint density at radius 2 is 1.60 bits per heavy atom. The molecule has 1 aromatic carbocycles. The quantitative estimate of drug-likeness (QED) is 0.729. The fourth-order valence-corrected chi connectivity index (χ4v) is 1.70. The Hall–Kier alpha value is -2.37. The first-order valence-electron chi connectivity index (χ1n) is 6.24. The van der Waals surface area contributed by atoms with E-state index in [1.54, 1.807) is 0 Å². The molecule has 0 atom stereocenters. The molecule has 20 heavy (non-hydrogen) atoms. The van der Waals surface area contributed by atoms with Crippen molar-refractivity contribution in [3.63, 3.8) is 0 Å². The van der Waals surface area contributed by atoms with Crippen molar-refractivity contribution in [3.8, 4) is 0 Å². The van der Waals surface area contributed by atoms with Gasteiger partial charge < -0.3 is 15.7 Å². The highest BCUT2D eigenvalue weighted by atomic mass is 16.4. The van der Waals surface area contributed by atoms with Crippen molar-refractivity contribution in [2.75, 3.05) is 11.9 Å². The van der Waals surface area contributed by atoms with Gasteiger partial charge in [-0.15, -0.1) is 0 Å². The van der Waals surface area contributed by atoms with Crippen LogP contribution in [-0.4, -0.2) is 29.4 Å². The highest BCUT2D eigenvalue weighted by molar-refractivity contribution is 5.94. The predicted octanol–water partition coefficient (Wildman–Crippen LogP) is 1.22. The van der Waals surface area contributed by atoms with E-state index >= 15 is 0 Å². The normalized spacial score (nSPS) is 9.90. The standard InChI is InChI=1S/C14H18N2O4/c1-9-4-3-5-10(2)14(9)16-12(18)7-6-11(17)15-8-13(19)20/h3-5H,6-8H2,1-2H3,(H,15,17)(H,16,18)(H,19,20). The molecule has 2 amide bonds. The van der Waals surface area contributed by atoms with Crippen LogP contribution in [0.1, 0.15) is 24.0 Å². The van der Waals surface area contributed by atoms with Crippen LogP contribution in [0.5, 0.6) is 0 Å². The minimum Gasteiger partial charge on any atom is -0.480 e. The lowest BCUT2D eigenvalue weighted by molar-refractivity contribution is -0.138. The molecule has 0 aliphatic carbocycles. The van der Waals surface area contributed by atoms with Crippen molar-refractivity contribution in [2.24, 2.45) is 0 Å².